The molecule has 100 valence electrons. The van der Waals surface area contributed by atoms with Gasteiger partial charge in [-0.2, -0.15) is 0 Å². The molecule has 0 bridgehead atoms. The highest BCUT2D eigenvalue weighted by molar-refractivity contribution is 5.61. The van der Waals surface area contributed by atoms with Crippen LogP contribution in [-0.2, 0) is 17.7 Å². The molecule has 0 radical (unpaired) electrons. The molecule has 0 fully saturated rings. The highest BCUT2D eigenvalue weighted by Crippen LogP contribution is 2.27. The number of benzene rings is 1. The summed E-state index contributed by atoms with van der Waals surface area (Å²) in [6.45, 7) is 4.31. The molecule has 0 unspecified atom stereocenters. The Morgan fingerprint density at radius 3 is 3.06 bits per heavy atom. The van der Waals surface area contributed by atoms with Crippen molar-refractivity contribution >= 4 is 5.69 Å². The molecule has 2 rings (SSSR count). The quantitative estimate of drug-likeness (QED) is 0.760. The second-order valence-electron chi connectivity index (χ2n) is 4.62. The van der Waals surface area contributed by atoms with E-state index < -0.39 is 0 Å². The summed E-state index contributed by atoms with van der Waals surface area (Å²) in [7, 11) is 1.71. The number of rotatable bonds is 7. The van der Waals surface area contributed by atoms with Crippen molar-refractivity contribution < 1.29 is 9.84 Å². The van der Waals surface area contributed by atoms with Crippen molar-refractivity contribution in [1.82, 2.24) is 4.90 Å². The van der Waals surface area contributed by atoms with Crippen molar-refractivity contribution in [1.29, 1.82) is 0 Å². The van der Waals surface area contributed by atoms with E-state index in [1.807, 2.05) is 0 Å². The average molecular weight is 250 g/mol. The third-order valence-corrected chi connectivity index (χ3v) is 3.35. The summed E-state index contributed by atoms with van der Waals surface area (Å²) in [6.07, 6.45) is 1.11. The van der Waals surface area contributed by atoms with Crippen molar-refractivity contribution in [2.24, 2.45) is 0 Å². The molecule has 1 aliphatic heterocycles. The van der Waals surface area contributed by atoms with Crippen molar-refractivity contribution in [3.05, 3.63) is 29.3 Å². The van der Waals surface area contributed by atoms with Gasteiger partial charge in [0.2, 0.25) is 0 Å². The summed E-state index contributed by atoms with van der Waals surface area (Å²) >= 11 is 0. The van der Waals surface area contributed by atoms with E-state index in [1.54, 1.807) is 7.11 Å². The first-order valence-corrected chi connectivity index (χ1v) is 6.52. The van der Waals surface area contributed by atoms with Crippen LogP contribution in [0.3, 0.4) is 0 Å². The summed E-state index contributed by atoms with van der Waals surface area (Å²) in [5.41, 5.74) is 4.01. The second-order valence-corrected chi connectivity index (χ2v) is 4.62. The molecule has 0 spiro atoms. The number of para-hydroxylation sites is 1. The zero-order valence-corrected chi connectivity index (χ0v) is 11.0. The molecular weight excluding hydrogens is 228 g/mol. The molecule has 0 saturated heterocycles. The Hall–Kier alpha value is -1.10. The first kappa shape index (κ1) is 13.3. The fourth-order valence-electron chi connectivity index (χ4n) is 2.42. The average Bonchev–Trinajstić information content (AvgIpc) is 2.85. The summed E-state index contributed by atoms with van der Waals surface area (Å²) in [4.78, 5) is 2.22. The monoisotopic (exact) mass is 250 g/mol. The van der Waals surface area contributed by atoms with Gasteiger partial charge in [-0.1, -0.05) is 18.2 Å². The van der Waals surface area contributed by atoms with Gasteiger partial charge in [0.15, 0.2) is 0 Å². The molecule has 1 aromatic rings. The van der Waals surface area contributed by atoms with Crippen LogP contribution in [0.1, 0.15) is 11.1 Å². The van der Waals surface area contributed by atoms with Crippen molar-refractivity contribution in [3.63, 3.8) is 0 Å². The maximum atomic E-state index is 9.11. The molecule has 0 aromatic heterocycles. The lowest BCUT2D eigenvalue weighted by Crippen LogP contribution is -2.30. The lowest BCUT2D eigenvalue weighted by Gasteiger charge is -2.22. The zero-order valence-electron chi connectivity index (χ0n) is 11.0. The van der Waals surface area contributed by atoms with Gasteiger partial charge < -0.3 is 15.2 Å². The number of nitrogens with one attached hydrogen (secondary N) is 1. The van der Waals surface area contributed by atoms with Crippen molar-refractivity contribution in [2.75, 3.05) is 45.3 Å². The van der Waals surface area contributed by atoms with Crippen LogP contribution in [0.25, 0.3) is 0 Å². The van der Waals surface area contributed by atoms with E-state index in [1.165, 1.54) is 16.8 Å². The van der Waals surface area contributed by atoms with Gasteiger partial charge in [0, 0.05) is 39.0 Å². The predicted molar refractivity (Wildman–Crippen MR) is 72.9 cm³/mol. The van der Waals surface area contributed by atoms with Gasteiger partial charge in [0.25, 0.3) is 0 Å². The zero-order chi connectivity index (χ0) is 12.8. The van der Waals surface area contributed by atoms with Gasteiger partial charge in [-0.25, -0.2) is 0 Å². The lowest BCUT2D eigenvalue weighted by atomic mass is 10.1. The molecule has 4 heteroatoms. The molecule has 1 heterocycles. The topological polar surface area (TPSA) is 44.7 Å². The van der Waals surface area contributed by atoms with Gasteiger partial charge >= 0.3 is 0 Å². The highest BCUT2D eigenvalue weighted by Gasteiger charge is 2.15. The Bertz CT molecular complexity index is 382. The number of fused-ring (bicyclic) bond motifs is 1. The Morgan fingerprint density at radius 2 is 2.28 bits per heavy atom. The van der Waals surface area contributed by atoms with E-state index in [0.717, 1.165) is 26.1 Å². The van der Waals surface area contributed by atoms with Gasteiger partial charge in [-0.3, -0.25) is 4.90 Å². The first-order chi connectivity index (χ1) is 8.85. The largest absolute Gasteiger partial charge is 0.395 e. The number of hydrogen-bond donors (Lipinski definition) is 2. The first-order valence-electron chi connectivity index (χ1n) is 6.52. The molecule has 1 aliphatic rings. The second kappa shape index (κ2) is 6.73. The molecule has 1 aromatic carbocycles. The van der Waals surface area contributed by atoms with E-state index in [-0.39, 0.29) is 6.61 Å². The molecule has 0 saturated carbocycles. The molecule has 18 heavy (non-hydrogen) atoms. The van der Waals surface area contributed by atoms with E-state index >= 15 is 0 Å². The number of aliphatic hydroxyl groups excluding tert-OH is 1. The van der Waals surface area contributed by atoms with Crippen LogP contribution in [-0.4, -0.2) is 50.0 Å². The normalized spacial score (nSPS) is 13.7. The van der Waals surface area contributed by atoms with E-state index in [0.29, 0.717) is 13.2 Å². The lowest BCUT2D eigenvalue weighted by molar-refractivity contribution is 0.127. The third kappa shape index (κ3) is 3.22. The van der Waals surface area contributed by atoms with Gasteiger partial charge in [-0.15, -0.1) is 0 Å². The molecule has 2 N–H and O–H groups in total. The number of hydrogen-bond acceptors (Lipinski definition) is 4. The van der Waals surface area contributed by atoms with Crippen LogP contribution in [0.15, 0.2) is 18.2 Å². The minimum absolute atomic E-state index is 0.187. The van der Waals surface area contributed by atoms with Crippen LogP contribution < -0.4 is 5.32 Å². The minimum Gasteiger partial charge on any atom is -0.395 e. The predicted octanol–water partition coefficient (Wildman–Crippen LogP) is 1.10. The molecular formula is C14H22N2O2. The standard InChI is InChI=1S/C14H22N2O2/c1-18-10-8-16(7-9-17)11-13-4-2-3-12-5-6-15-14(12)13/h2-4,15,17H,5-11H2,1H3. The fraction of sp³-hybridized carbons (Fsp3) is 0.571. The van der Waals surface area contributed by atoms with Gasteiger partial charge in [0.1, 0.15) is 0 Å². The minimum atomic E-state index is 0.187. The Labute approximate surface area is 109 Å². The fourth-order valence-corrected chi connectivity index (χ4v) is 2.42. The van der Waals surface area contributed by atoms with Crippen LogP contribution >= 0.6 is 0 Å². The Kier molecular flexibility index (Phi) is 4.99. The van der Waals surface area contributed by atoms with Gasteiger partial charge in [-0.05, 0) is 17.5 Å². The van der Waals surface area contributed by atoms with E-state index in [2.05, 4.69) is 28.4 Å². The Morgan fingerprint density at radius 1 is 1.39 bits per heavy atom. The number of methoxy groups -OCH3 is 1. The molecule has 0 atom stereocenters. The van der Waals surface area contributed by atoms with Crippen molar-refractivity contribution in [3.8, 4) is 0 Å². The number of aliphatic hydroxyl groups is 1. The van der Waals surface area contributed by atoms with Crippen LogP contribution in [0.4, 0.5) is 5.69 Å². The summed E-state index contributed by atoms with van der Waals surface area (Å²) < 4.78 is 5.11. The molecule has 0 aliphatic carbocycles. The summed E-state index contributed by atoms with van der Waals surface area (Å²) in [6, 6.07) is 6.47. The number of nitrogens with zero attached hydrogens (tertiary/aromatic N) is 1. The SMILES string of the molecule is COCCN(CCO)Cc1cccc2c1NCC2. The van der Waals surface area contributed by atoms with Crippen LogP contribution in [0, 0.1) is 0 Å². The molecule has 0 amide bonds. The van der Waals surface area contributed by atoms with Gasteiger partial charge in [0.05, 0.1) is 13.2 Å². The highest BCUT2D eigenvalue weighted by atomic mass is 16.5. The smallest absolute Gasteiger partial charge is 0.0589 e. The summed E-state index contributed by atoms with van der Waals surface area (Å²) in [5.74, 6) is 0. The Balaban J connectivity index is 2.04. The van der Waals surface area contributed by atoms with E-state index in [9.17, 15) is 0 Å². The van der Waals surface area contributed by atoms with E-state index in [4.69, 9.17) is 9.84 Å². The molecule has 4 nitrogen and oxygen atoms in total. The summed E-state index contributed by atoms with van der Waals surface area (Å²) in [5, 5.41) is 12.6. The number of anilines is 1. The maximum Gasteiger partial charge on any atom is 0.0589 e. The van der Waals surface area contributed by atoms with Crippen LogP contribution in [0.2, 0.25) is 0 Å². The van der Waals surface area contributed by atoms with Crippen LogP contribution in [0.5, 0.6) is 0 Å². The number of ether oxygens (including phenoxy) is 1. The maximum absolute atomic E-state index is 9.11. The van der Waals surface area contributed by atoms with Crippen molar-refractivity contribution in [2.45, 2.75) is 13.0 Å². The third-order valence-electron chi connectivity index (χ3n) is 3.35.